The van der Waals surface area contributed by atoms with Gasteiger partial charge in [0, 0.05) is 35.4 Å². The van der Waals surface area contributed by atoms with Crippen LogP contribution in [0.25, 0.3) is 0 Å². The summed E-state index contributed by atoms with van der Waals surface area (Å²) >= 11 is 0. The van der Waals surface area contributed by atoms with Crippen LogP contribution in [0.15, 0.2) is 146 Å². The van der Waals surface area contributed by atoms with E-state index in [1.165, 1.54) is 85.1 Å². The SMILES string of the molecule is COC(=O)c1cc(C)cc(OC)c1.COC(=O)c1cc(C)cc(OC)c1.COC(=O)c1cc(O)cc(O)c1.COC(=O)c1cc(O)cc(OC)c1.COc1cc(C)cc(C=O)c1.COc1cc(C)cc(CO)c1.COc1cc(O)cc(C=O)c1.O=C(O)c1cc(O)cc(O)c1. The molecule has 0 fully saturated rings. The third-order valence-corrected chi connectivity index (χ3v) is 11.7. The molecule has 0 aliphatic rings. The van der Waals surface area contributed by atoms with Gasteiger partial charge >= 0.3 is 29.8 Å². The van der Waals surface area contributed by atoms with E-state index in [1.54, 1.807) is 64.8 Å². The molecule has 0 amide bonds. The van der Waals surface area contributed by atoms with Crippen LogP contribution in [0.2, 0.25) is 0 Å². The minimum absolute atomic E-state index is 0.0280. The molecule has 0 spiro atoms. The van der Waals surface area contributed by atoms with Crippen molar-refractivity contribution in [2.24, 2.45) is 0 Å². The van der Waals surface area contributed by atoms with Crippen molar-refractivity contribution >= 4 is 42.4 Å². The number of carboxylic acid groups (broad SMARTS) is 1. The average molecular weight is 1320 g/mol. The summed E-state index contributed by atoms with van der Waals surface area (Å²) in [5, 5.41) is 71.0. The van der Waals surface area contributed by atoms with Crippen LogP contribution in [-0.4, -0.2) is 154 Å². The molecule has 0 aliphatic heterocycles. The number of phenols is 6. The predicted octanol–water partition coefficient (Wildman–Crippen LogP) is 11.0. The van der Waals surface area contributed by atoms with Gasteiger partial charge in [-0.05, 0) is 171 Å². The topological polar surface area (TPSA) is 374 Å². The number of aliphatic hydroxyl groups is 1. The number of aromatic carboxylic acids is 1. The molecule has 0 aromatic heterocycles. The second-order valence-electron chi connectivity index (χ2n) is 19.1. The largest absolute Gasteiger partial charge is 0.508 e. The number of aryl methyl sites for hydroxylation is 4. The van der Waals surface area contributed by atoms with E-state index in [0.29, 0.717) is 51.5 Å². The van der Waals surface area contributed by atoms with E-state index in [0.717, 1.165) is 69.9 Å². The first-order valence-electron chi connectivity index (χ1n) is 27.5. The maximum atomic E-state index is 11.2. The zero-order valence-electron chi connectivity index (χ0n) is 54.7. The number of hydrogen-bond donors (Lipinski definition) is 8. The Morgan fingerprint density at radius 1 is 0.305 bits per heavy atom. The summed E-state index contributed by atoms with van der Waals surface area (Å²) in [5.74, 6) is -0.0770. The average Bonchev–Trinajstić information content (AvgIpc) is 3.59. The number of benzene rings is 8. The first-order chi connectivity index (χ1) is 45.0. The van der Waals surface area contributed by atoms with Gasteiger partial charge in [0.05, 0.1) is 106 Å². The van der Waals surface area contributed by atoms with Crippen molar-refractivity contribution in [3.8, 4) is 69.0 Å². The molecule has 25 nitrogen and oxygen atoms in total. The fourth-order valence-corrected chi connectivity index (χ4v) is 7.48. The summed E-state index contributed by atoms with van der Waals surface area (Å²) in [7, 11) is 14.5. The summed E-state index contributed by atoms with van der Waals surface area (Å²) in [4.78, 5) is 75.1. The van der Waals surface area contributed by atoms with Gasteiger partial charge in [0.25, 0.3) is 0 Å². The number of aromatic hydroxyl groups is 6. The number of rotatable bonds is 14. The van der Waals surface area contributed by atoms with Gasteiger partial charge in [-0.15, -0.1) is 0 Å². The van der Waals surface area contributed by atoms with Gasteiger partial charge in [-0.2, -0.15) is 0 Å². The van der Waals surface area contributed by atoms with E-state index < -0.39 is 17.9 Å². The summed E-state index contributed by atoms with van der Waals surface area (Å²) in [6.45, 7) is 7.76. The number of ether oxygens (including phenoxy) is 10. The molecule has 0 heterocycles. The van der Waals surface area contributed by atoms with Crippen molar-refractivity contribution in [1.29, 1.82) is 0 Å². The van der Waals surface area contributed by atoms with Gasteiger partial charge in [0.15, 0.2) is 0 Å². The van der Waals surface area contributed by atoms with Crippen LogP contribution in [0, 0.1) is 27.7 Å². The van der Waals surface area contributed by atoms with Crippen molar-refractivity contribution in [3.05, 3.63) is 212 Å². The van der Waals surface area contributed by atoms with Gasteiger partial charge < -0.3 is 88.2 Å². The number of hydrogen-bond acceptors (Lipinski definition) is 24. The number of esters is 4. The molecule has 95 heavy (non-hydrogen) atoms. The molecule has 8 N–H and O–H groups in total. The van der Waals surface area contributed by atoms with Crippen molar-refractivity contribution < 1.29 is 122 Å². The molecule has 25 heteroatoms. The van der Waals surface area contributed by atoms with Crippen LogP contribution in [0.1, 0.15) is 100 Å². The Balaban J connectivity index is 0.000000543. The van der Waals surface area contributed by atoms with Crippen molar-refractivity contribution in [3.63, 3.8) is 0 Å². The van der Waals surface area contributed by atoms with E-state index in [-0.39, 0.29) is 69.7 Å². The molecule has 8 aromatic carbocycles. The fraction of sp³-hybridized carbons (Fsp3) is 0.214. The number of carbonyl (C=O) groups excluding carboxylic acids is 6. The van der Waals surface area contributed by atoms with Crippen LogP contribution in [0.5, 0.6) is 69.0 Å². The number of carboxylic acids is 1. The Morgan fingerprint density at radius 2 is 0.558 bits per heavy atom. The number of methoxy groups -OCH3 is 10. The van der Waals surface area contributed by atoms with Crippen LogP contribution in [0.3, 0.4) is 0 Å². The first-order valence-corrected chi connectivity index (χ1v) is 27.5. The summed E-state index contributed by atoms with van der Waals surface area (Å²) in [5.41, 5.74) is 7.31. The van der Waals surface area contributed by atoms with Crippen LogP contribution < -0.4 is 28.4 Å². The molecule has 8 aromatic rings. The van der Waals surface area contributed by atoms with Crippen LogP contribution >= 0.6 is 0 Å². The van der Waals surface area contributed by atoms with E-state index in [1.807, 2.05) is 70.2 Å². The zero-order valence-corrected chi connectivity index (χ0v) is 54.7. The van der Waals surface area contributed by atoms with Crippen molar-refractivity contribution in [1.82, 2.24) is 0 Å². The van der Waals surface area contributed by atoms with Gasteiger partial charge in [-0.1, -0.05) is 6.07 Å². The van der Waals surface area contributed by atoms with Gasteiger partial charge in [-0.25, -0.2) is 24.0 Å². The highest BCUT2D eigenvalue weighted by Crippen LogP contribution is 2.25. The Kier molecular flexibility index (Phi) is 36.6. The van der Waals surface area contributed by atoms with E-state index in [9.17, 15) is 38.7 Å². The highest BCUT2D eigenvalue weighted by molar-refractivity contribution is 5.92. The third-order valence-electron chi connectivity index (χ3n) is 11.7. The lowest BCUT2D eigenvalue weighted by molar-refractivity contribution is 0.0591. The second kappa shape index (κ2) is 42.9. The first kappa shape index (κ1) is 81.0. The molecule has 0 unspecified atom stereocenters. The Labute approximate surface area is 549 Å². The zero-order chi connectivity index (χ0) is 71.9. The molecule has 0 atom stereocenters. The molecular weight excluding hydrogens is 1240 g/mol. The molecule has 0 bridgehead atoms. The van der Waals surface area contributed by atoms with E-state index >= 15 is 0 Å². The van der Waals surface area contributed by atoms with E-state index in [2.05, 4.69) is 18.9 Å². The Morgan fingerprint density at radius 3 is 0.884 bits per heavy atom. The highest BCUT2D eigenvalue weighted by atomic mass is 16.5. The smallest absolute Gasteiger partial charge is 0.338 e. The Hall–Kier alpha value is -12.0. The predicted molar refractivity (Wildman–Crippen MR) is 349 cm³/mol. The standard InChI is InChI=1S/2C10H12O3.C9H10O4.C9H12O2.C9H10O2.C8H8O4.C8H8O3.C7H6O4/c2*1-7-4-8(10(11)13-3)6-9(5-7)12-2;1-12-8-4-6(9(11)13-2)3-7(10)5-8;2*1-7-3-8(6-10)5-9(4-7)11-2;1-12-8(11)5-2-6(9)4-7(10)3-5;1-11-8-3-6(5-9)2-7(10)4-8;8-5-1-4(7(10)11)2-6(9)3-5/h2*4-6H,1-3H3;3-5,10H,1-2H3;3-5,10H,6H2,1-2H3;3-6H,1-2H3;2-4,9-10H,1H3;2-5,10H,1H3;1-3,8-9H,(H,10,11). The van der Waals surface area contributed by atoms with Crippen LogP contribution in [-0.2, 0) is 25.6 Å². The maximum Gasteiger partial charge on any atom is 0.338 e. The summed E-state index contributed by atoms with van der Waals surface area (Å²) in [6, 6.07) is 36.9. The van der Waals surface area contributed by atoms with Crippen molar-refractivity contribution in [2.75, 3.05) is 71.1 Å². The number of carbonyl (C=O) groups is 7. The summed E-state index contributed by atoms with van der Waals surface area (Å²) < 4.78 is 47.8. The number of phenolic OH excluding ortho intramolecular Hbond substituents is 6. The molecule has 8 rings (SSSR count). The van der Waals surface area contributed by atoms with Gasteiger partial charge in [-0.3, -0.25) is 9.59 Å². The lowest BCUT2D eigenvalue weighted by Crippen LogP contribution is -2.01. The molecule has 0 saturated heterocycles. The molecule has 0 radical (unpaired) electrons. The minimum Gasteiger partial charge on any atom is -0.508 e. The number of aliphatic hydroxyl groups excluding tert-OH is 1. The normalized spacial score (nSPS) is 9.42. The molecule has 0 saturated carbocycles. The van der Waals surface area contributed by atoms with Gasteiger partial charge in [0.1, 0.15) is 81.6 Å². The highest BCUT2D eigenvalue weighted by Gasteiger charge is 2.12. The third kappa shape index (κ3) is 31.1. The second-order valence-corrected chi connectivity index (χ2v) is 19.1. The fourth-order valence-electron chi connectivity index (χ4n) is 7.48. The van der Waals surface area contributed by atoms with E-state index in [4.69, 9.17) is 64.2 Å². The van der Waals surface area contributed by atoms with Crippen LogP contribution in [0.4, 0.5) is 0 Å². The Bertz CT molecular complexity index is 3520. The lowest BCUT2D eigenvalue weighted by atomic mass is 10.1. The number of aldehydes is 2. The minimum atomic E-state index is -1.18. The quantitative estimate of drug-likeness (QED) is 0.0285. The molecule has 508 valence electrons. The molecular formula is C70H78O25. The van der Waals surface area contributed by atoms with Gasteiger partial charge in [0.2, 0.25) is 0 Å². The maximum absolute atomic E-state index is 11.2. The summed E-state index contributed by atoms with van der Waals surface area (Å²) in [6.07, 6.45) is 1.47. The van der Waals surface area contributed by atoms with Crippen molar-refractivity contribution in [2.45, 2.75) is 34.3 Å². The lowest BCUT2D eigenvalue weighted by Gasteiger charge is -2.04. The monoisotopic (exact) mass is 1320 g/mol. The molecule has 0 aliphatic carbocycles.